The highest BCUT2D eigenvalue weighted by Crippen LogP contribution is 2.24. The zero-order chi connectivity index (χ0) is 21.8. The van der Waals surface area contributed by atoms with Gasteiger partial charge in [-0.3, -0.25) is 4.79 Å². The molecule has 0 radical (unpaired) electrons. The molecule has 0 aliphatic carbocycles. The first-order valence-electron chi connectivity index (χ1n) is 9.62. The van der Waals surface area contributed by atoms with Crippen molar-refractivity contribution in [2.45, 2.75) is 33.7 Å². The summed E-state index contributed by atoms with van der Waals surface area (Å²) in [6.07, 6.45) is 0.248. The fraction of sp³-hybridized carbons (Fsp3) is 0.304. The second-order valence-electron chi connectivity index (χ2n) is 7.17. The monoisotopic (exact) mass is 427 g/mol. The van der Waals surface area contributed by atoms with Gasteiger partial charge in [0.05, 0.1) is 32.0 Å². The summed E-state index contributed by atoms with van der Waals surface area (Å²) >= 11 is 6.27. The number of nitrogens with zero attached hydrogens (tertiary/aromatic N) is 2. The van der Waals surface area contributed by atoms with Crippen molar-refractivity contribution < 1.29 is 14.3 Å². The molecule has 0 spiro atoms. The van der Waals surface area contributed by atoms with Gasteiger partial charge >= 0.3 is 0 Å². The lowest BCUT2D eigenvalue weighted by Gasteiger charge is -2.10. The lowest BCUT2D eigenvalue weighted by Crippen LogP contribution is -2.25. The number of rotatable bonds is 7. The quantitative estimate of drug-likeness (QED) is 0.609. The number of aromatic nitrogens is 2. The molecule has 3 aromatic rings. The number of halogens is 1. The summed E-state index contributed by atoms with van der Waals surface area (Å²) in [4.78, 5) is 12.6. The van der Waals surface area contributed by atoms with E-state index in [0.29, 0.717) is 23.1 Å². The summed E-state index contributed by atoms with van der Waals surface area (Å²) in [5.41, 5.74) is 5.44. The molecule has 30 heavy (non-hydrogen) atoms. The molecule has 3 rings (SSSR count). The van der Waals surface area contributed by atoms with Crippen molar-refractivity contribution in [2.75, 3.05) is 14.2 Å². The van der Waals surface area contributed by atoms with Gasteiger partial charge in [-0.05, 0) is 56.2 Å². The van der Waals surface area contributed by atoms with Crippen LogP contribution in [0.1, 0.15) is 28.1 Å². The van der Waals surface area contributed by atoms with E-state index in [1.807, 2.05) is 55.8 Å². The molecule has 1 N–H and O–H groups in total. The van der Waals surface area contributed by atoms with Crippen LogP contribution in [0.25, 0.3) is 5.69 Å². The zero-order valence-electron chi connectivity index (χ0n) is 17.9. The number of ether oxygens (including phenoxy) is 2. The van der Waals surface area contributed by atoms with Crippen LogP contribution < -0.4 is 14.8 Å². The molecule has 1 amide bonds. The van der Waals surface area contributed by atoms with Crippen LogP contribution in [0, 0.1) is 20.8 Å². The van der Waals surface area contributed by atoms with Crippen LogP contribution in [0.5, 0.6) is 11.5 Å². The molecule has 0 unspecified atom stereocenters. The van der Waals surface area contributed by atoms with Gasteiger partial charge in [-0.15, -0.1) is 0 Å². The smallest absolute Gasteiger partial charge is 0.224 e. The second-order valence-corrected chi connectivity index (χ2v) is 7.58. The van der Waals surface area contributed by atoms with Gasteiger partial charge in [-0.1, -0.05) is 17.7 Å². The van der Waals surface area contributed by atoms with E-state index < -0.39 is 0 Å². The molecule has 158 valence electrons. The van der Waals surface area contributed by atoms with Crippen LogP contribution in [-0.2, 0) is 17.8 Å². The summed E-state index contributed by atoms with van der Waals surface area (Å²) in [7, 11) is 3.20. The van der Waals surface area contributed by atoms with E-state index in [-0.39, 0.29) is 12.3 Å². The summed E-state index contributed by atoms with van der Waals surface area (Å²) < 4.78 is 12.4. The number of aryl methyl sites for hydroxylation is 2. The van der Waals surface area contributed by atoms with Crippen LogP contribution in [-0.4, -0.2) is 29.9 Å². The van der Waals surface area contributed by atoms with Gasteiger partial charge < -0.3 is 14.8 Å². The average molecular weight is 428 g/mol. The number of carbonyl (C=O) groups is 1. The highest BCUT2D eigenvalue weighted by molar-refractivity contribution is 6.31. The third-order valence-corrected chi connectivity index (χ3v) is 5.49. The zero-order valence-corrected chi connectivity index (χ0v) is 18.6. The van der Waals surface area contributed by atoms with Gasteiger partial charge in [0.25, 0.3) is 0 Å². The van der Waals surface area contributed by atoms with Gasteiger partial charge in [-0.2, -0.15) is 5.10 Å². The summed E-state index contributed by atoms with van der Waals surface area (Å²) in [5, 5.41) is 8.26. The predicted octanol–water partition coefficient (Wildman–Crippen LogP) is 4.33. The number of methoxy groups -OCH3 is 2. The number of carbonyl (C=O) groups excluding carboxylic acids is 1. The Morgan fingerprint density at radius 2 is 1.73 bits per heavy atom. The number of amides is 1. The molecule has 1 heterocycles. The minimum absolute atomic E-state index is 0.0792. The Balaban J connectivity index is 1.73. The Bertz CT molecular complexity index is 1050. The van der Waals surface area contributed by atoms with E-state index >= 15 is 0 Å². The van der Waals surface area contributed by atoms with Crippen molar-refractivity contribution in [1.82, 2.24) is 15.1 Å². The maximum absolute atomic E-state index is 12.6. The van der Waals surface area contributed by atoms with E-state index in [4.69, 9.17) is 21.1 Å². The topological polar surface area (TPSA) is 65.4 Å². The highest BCUT2D eigenvalue weighted by atomic mass is 35.5. The molecular weight excluding hydrogens is 402 g/mol. The van der Waals surface area contributed by atoms with Gasteiger partial charge in [0.15, 0.2) is 0 Å². The number of hydrogen-bond acceptors (Lipinski definition) is 4. The maximum atomic E-state index is 12.6. The third-order valence-electron chi connectivity index (χ3n) is 5.08. The standard InChI is InChI=1S/C23H26ClN3O3/c1-14-6-7-18(10-22(14)24)27-16(3)21(15(2)26-27)12-23(28)25-13-17-8-19(29-4)11-20(9-17)30-5/h6-11H,12-13H2,1-5H3,(H,25,28). The highest BCUT2D eigenvalue weighted by Gasteiger charge is 2.16. The number of nitrogens with one attached hydrogen (secondary N) is 1. The minimum atomic E-state index is -0.0792. The molecule has 0 atom stereocenters. The Labute approximate surface area is 181 Å². The maximum Gasteiger partial charge on any atom is 0.224 e. The average Bonchev–Trinajstić information content (AvgIpc) is 3.02. The molecule has 1 aromatic heterocycles. The fourth-order valence-corrected chi connectivity index (χ4v) is 3.46. The lowest BCUT2D eigenvalue weighted by atomic mass is 10.1. The molecule has 2 aromatic carbocycles. The lowest BCUT2D eigenvalue weighted by molar-refractivity contribution is -0.120. The Morgan fingerprint density at radius 1 is 1.07 bits per heavy atom. The Hall–Kier alpha value is -2.99. The fourth-order valence-electron chi connectivity index (χ4n) is 3.29. The van der Waals surface area contributed by atoms with Gasteiger partial charge in [0.1, 0.15) is 11.5 Å². The number of hydrogen-bond donors (Lipinski definition) is 1. The Kier molecular flexibility index (Phi) is 6.67. The van der Waals surface area contributed by atoms with E-state index in [9.17, 15) is 4.79 Å². The molecule has 0 aliphatic heterocycles. The first-order chi connectivity index (χ1) is 14.3. The van der Waals surface area contributed by atoms with Crippen molar-refractivity contribution in [1.29, 1.82) is 0 Å². The van der Waals surface area contributed by atoms with Crippen molar-refractivity contribution in [3.63, 3.8) is 0 Å². The van der Waals surface area contributed by atoms with Crippen molar-refractivity contribution >= 4 is 17.5 Å². The van der Waals surface area contributed by atoms with Crippen LogP contribution in [0.2, 0.25) is 5.02 Å². The Morgan fingerprint density at radius 3 is 2.33 bits per heavy atom. The van der Waals surface area contributed by atoms with Crippen LogP contribution in [0.4, 0.5) is 0 Å². The number of benzene rings is 2. The first-order valence-corrected chi connectivity index (χ1v) is 10.0. The van der Waals surface area contributed by atoms with E-state index in [1.54, 1.807) is 20.3 Å². The molecule has 0 aliphatic rings. The third kappa shape index (κ3) is 4.76. The molecule has 0 saturated heterocycles. The van der Waals surface area contributed by atoms with E-state index in [2.05, 4.69) is 10.4 Å². The second kappa shape index (κ2) is 9.22. The van der Waals surface area contributed by atoms with Crippen LogP contribution in [0.3, 0.4) is 0 Å². The van der Waals surface area contributed by atoms with Crippen molar-refractivity contribution in [2.24, 2.45) is 0 Å². The molecular formula is C23H26ClN3O3. The summed E-state index contributed by atoms with van der Waals surface area (Å²) in [6.45, 7) is 6.21. The van der Waals surface area contributed by atoms with Crippen molar-refractivity contribution in [3.8, 4) is 17.2 Å². The predicted molar refractivity (Wildman–Crippen MR) is 118 cm³/mol. The summed E-state index contributed by atoms with van der Waals surface area (Å²) in [5.74, 6) is 1.29. The van der Waals surface area contributed by atoms with Crippen LogP contribution >= 0.6 is 11.6 Å². The van der Waals surface area contributed by atoms with E-state index in [1.165, 1.54) is 0 Å². The largest absolute Gasteiger partial charge is 0.497 e. The van der Waals surface area contributed by atoms with E-state index in [0.717, 1.165) is 33.8 Å². The SMILES string of the molecule is COc1cc(CNC(=O)Cc2c(C)nn(-c3ccc(C)c(Cl)c3)c2C)cc(OC)c1. The van der Waals surface area contributed by atoms with Gasteiger partial charge in [0, 0.05) is 28.9 Å². The van der Waals surface area contributed by atoms with Gasteiger partial charge in [0.2, 0.25) is 5.91 Å². The van der Waals surface area contributed by atoms with Crippen molar-refractivity contribution in [3.05, 3.63) is 69.5 Å². The molecule has 0 fully saturated rings. The minimum Gasteiger partial charge on any atom is -0.497 e. The molecule has 0 saturated carbocycles. The van der Waals surface area contributed by atoms with Gasteiger partial charge in [-0.25, -0.2) is 4.68 Å². The van der Waals surface area contributed by atoms with Crippen LogP contribution in [0.15, 0.2) is 36.4 Å². The molecule has 7 heteroatoms. The molecule has 0 bridgehead atoms. The molecule has 6 nitrogen and oxygen atoms in total. The normalized spacial score (nSPS) is 10.7. The summed E-state index contributed by atoms with van der Waals surface area (Å²) in [6, 6.07) is 11.4. The first kappa shape index (κ1) is 21.7.